The van der Waals surface area contributed by atoms with Crippen molar-refractivity contribution in [2.45, 2.75) is 110 Å². The minimum atomic E-state index is -0.414. The van der Waals surface area contributed by atoms with Gasteiger partial charge in [0.1, 0.15) is 0 Å². The molecule has 0 bridgehead atoms. The van der Waals surface area contributed by atoms with E-state index >= 15 is 0 Å². The third-order valence-corrected chi connectivity index (χ3v) is 4.54. The van der Waals surface area contributed by atoms with Crippen molar-refractivity contribution in [1.29, 1.82) is 5.26 Å². The quantitative estimate of drug-likeness (QED) is 0.117. The van der Waals surface area contributed by atoms with Gasteiger partial charge in [0.05, 0.1) is 12.7 Å². The third-order valence-electron chi connectivity index (χ3n) is 4.54. The summed E-state index contributed by atoms with van der Waals surface area (Å²) in [5, 5.41) is 8.29. The Bertz CT molecular complexity index is 358. The number of ether oxygens (including phenoxy) is 1. The summed E-state index contributed by atoms with van der Waals surface area (Å²) in [5.41, 5.74) is 0. The molecule has 0 spiro atoms. The predicted octanol–water partition coefficient (Wildman–Crippen LogP) is 6.87. The summed E-state index contributed by atoms with van der Waals surface area (Å²) in [7, 11) is 0. The molecule has 0 aromatic carbocycles. The molecular formula is C22H39NO2. The molecule has 0 N–H and O–H groups in total. The highest BCUT2D eigenvalue weighted by Gasteiger charge is 1.97. The number of rotatable bonds is 18. The molecule has 0 aliphatic heterocycles. The van der Waals surface area contributed by atoms with Gasteiger partial charge in [-0.05, 0) is 6.42 Å². The van der Waals surface area contributed by atoms with E-state index in [4.69, 9.17) is 10.00 Å². The molecule has 3 nitrogen and oxygen atoms in total. The Morgan fingerprint density at radius 2 is 1.16 bits per heavy atom. The first-order chi connectivity index (χ1) is 12.3. The standard InChI is InChI=1S/C22H39NO2/c1-2-3-4-5-6-7-8-9-10-11-12-13-14-15-16-17-21-25-22(24)19-18-20-23/h18-19H,2-17,21H2,1H3. The lowest BCUT2D eigenvalue weighted by atomic mass is 10.0. The van der Waals surface area contributed by atoms with Gasteiger partial charge in [-0.25, -0.2) is 4.79 Å². The first-order valence-electron chi connectivity index (χ1n) is 10.5. The van der Waals surface area contributed by atoms with Gasteiger partial charge in [0.2, 0.25) is 0 Å². The normalized spacial score (nSPS) is 10.9. The molecule has 0 radical (unpaired) electrons. The Labute approximate surface area is 155 Å². The lowest BCUT2D eigenvalue weighted by Crippen LogP contribution is -2.02. The van der Waals surface area contributed by atoms with Crippen LogP contribution in [0.25, 0.3) is 0 Å². The molecule has 3 heteroatoms. The minimum absolute atomic E-state index is 0.414. The molecule has 0 rings (SSSR count). The Hall–Kier alpha value is -1.30. The lowest BCUT2D eigenvalue weighted by molar-refractivity contribution is -0.137. The van der Waals surface area contributed by atoms with E-state index in [1.807, 2.05) is 0 Å². The predicted molar refractivity (Wildman–Crippen MR) is 105 cm³/mol. The molecule has 0 saturated carbocycles. The molecule has 0 aromatic rings. The van der Waals surface area contributed by atoms with Crippen molar-refractivity contribution in [3.63, 3.8) is 0 Å². The van der Waals surface area contributed by atoms with Gasteiger partial charge in [0.15, 0.2) is 0 Å². The average molecular weight is 350 g/mol. The summed E-state index contributed by atoms with van der Waals surface area (Å²) in [4.78, 5) is 11.1. The maximum atomic E-state index is 11.1. The topological polar surface area (TPSA) is 50.1 Å². The van der Waals surface area contributed by atoms with Crippen LogP contribution >= 0.6 is 0 Å². The SMILES string of the molecule is CCCCCCCCCCCCCCCCCCOC(=O)C=CC#N. The second-order valence-corrected chi connectivity index (χ2v) is 6.93. The highest BCUT2D eigenvalue weighted by molar-refractivity contribution is 5.82. The van der Waals surface area contributed by atoms with E-state index in [0.717, 1.165) is 18.9 Å². The second kappa shape index (κ2) is 20.7. The molecule has 0 aliphatic rings. The van der Waals surface area contributed by atoms with E-state index in [2.05, 4.69) is 6.92 Å². The maximum absolute atomic E-state index is 11.1. The zero-order valence-corrected chi connectivity index (χ0v) is 16.4. The number of allylic oxidation sites excluding steroid dienone is 1. The Morgan fingerprint density at radius 1 is 0.760 bits per heavy atom. The van der Waals surface area contributed by atoms with Crippen LogP contribution in [-0.4, -0.2) is 12.6 Å². The van der Waals surface area contributed by atoms with Crippen LogP contribution in [0.2, 0.25) is 0 Å². The van der Waals surface area contributed by atoms with Gasteiger partial charge in [-0.1, -0.05) is 103 Å². The summed E-state index contributed by atoms with van der Waals surface area (Å²) in [6.45, 7) is 2.74. The number of nitriles is 1. The van der Waals surface area contributed by atoms with Gasteiger partial charge in [-0.15, -0.1) is 0 Å². The van der Waals surface area contributed by atoms with Gasteiger partial charge >= 0.3 is 5.97 Å². The van der Waals surface area contributed by atoms with E-state index < -0.39 is 5.97 Å². The smallest absolute Gasteiger partial charge is 0.331 e. The summed E-state index contributed by atoms with van der Waals surface area (Å²) < 4.78 is 4.99. The fraction of sp³-hybridized carbons (Fsp3) is 0.818. The molecule has 0 aromatic heterocycles. The van der Waals surface area contributed by atoms with E-state index in [-0.39, 0.29) is 0 Å². The fourth-order valence-corrected chi connectivity index (χ4v) is 2.98. The van der Waals surface area contributed by atoms with Crippen molar-refractivity contribution in [3.05, 3.63) is 12.2 Å². The number of esters is 1. The monoisotopic (exact) mass is 349 g/mol. The van der Waals surface area contributed by atoms with Crippen LogP contribution in [-0.2, 0) is 9.53 Å². The number of carbonyl (C=O) groups is 1. The van der Waals surface area contributed by atoms with Gasteiger partial charge in [-0.2, -0.15) is 5.26 Å². The first-order valence-corrected chi connectivity index (χ1v) is 10.5. The molecule has 0 fully saturated rings. The van der Waals surface area contributed by atoms with E-state index in [1.54, 1.807) is 6.07 Å². The third kappa shape index (κ3) is 20.7. The molecule has 25 heavy (non-hydrogen) atoms. The zero-order valence-electron chi connectivity index (χ0n) is 16.4. The fourth-order valence-electron chi connectivity index (χ4n) is 2.98. The summed E-state index contributed by atoms with van der Waals surface area (Å²) in [6.07, 6.45) is 23.7. The van der Waals surface area contributed by atoms with Gasteiger partial charge in [-0.3, -0.25) is 0 Å². The lowest BCUT2D eigenvalue weighted by Gasteiger charge is -2.04. The summed E-state index contributed by atoms with van der Waals surface area (Å²) in [5.74, 6) is -0.414. The molecule has 0 aliphatic carbocycles. The maximum Gasteiger partial charge on any atom is 0.331 e. The van der Waals surface area contributed by atoms with Crippen LogP contribution in [0.15, 0.2) is 12.2 Å². The molecule has 144 valence electrons. The number of carbonyl (C=O) groups excluding carboxylic acids is 1. The molecule has 0 atom stereocenters. The van der Waals surface area contributed by atoms with Crippen LogP contribution in [0.4, 0.5) is 0 Å². The number of nitrogens with zero attached hydrogens (tertiary/aromatic N) is 1. The van der Waals surface area contributed by atoms with Crippen molar-refractivity contribution in [3.8, 4) is 6.07 Å². The van der Waals surface area contributed by atoms with Gasteiger partial charge < -0.3 is 4.74 Å². The number of unbranched alkanes of at least 4 members (excludes halogenated alkanes) is 15. The summed E-state index contributed by atoms with van der Waals surface area (Å²) >= 11 is 0. The van der Waals surface area contributed by atoms with E-state index in [9.17, 15) is 4.79 Å². The molecule has 0 saturated heterocycles. The average Bonchev–Trinajstić information content (AvgIpc) is 2.62. The second-order valence-electron chi connectivity index (χ2n) is 6.93. The van der Waals surface area contributed by atoms with Crippen molar-refractivity contribution in [2.75, 3.05) is 6.61 Å². The first kappa shape index (κ1) is 23.7. The highest BCUT2D eigenvalue weighted by atomic mass is 16.5. The zero-order chi connectivity index (χ0) is 18.4. The van der Waals surface area contributed by atoms with Crippen LogP contribution in [0.3, 0.4) is 0 Å². The summed E-state index contributed by atoms with van der Waals surface area (Å²) in [6, 6.07) is 1.78. The van der Waals surface area contributed by atoms with Crippen LogP contribution in [0.1, 0.15) is 110 Å². The van der Waals surface area contributed by atoms with E-state index in [0.29, 0.717) is 6.61 Å². The number of hydrogen-bond acceptors (Lipinski definition) is 3. The van der Waals surface area contributed by atoms with Crippen LogP contribution in [0, 0.1) is 11.3 Å². The van der Waals surface area contributed by atoms with Crippen LogP contribution in [0.5, 0.6) is 0 Å². The Morgan fingerprint density at radius 3 is 1.56 bits per heavy atom. The minimum Gasteiger partial charge on any atom is -0.463 e. The Balaban J connectivity index is 3.09. The van der Waals surface area contributed by atoms with Gasteiger partial charge in [0, 0.05) is 12.2 Å². The molecular weight excluding hydrogens is 310 g/mol. The number of hydrogen-bond donors (Lipinski definition) is 0. The molecule has 0 unspecified atom stereocenters. The van der Waals surface area contributed by atoms with Crippen molar-refractivity contribution >= 4 is 5.97 Å². The van der Waals surface area contributed by atoms with Crippen LogP contribution < -0.4 is 0 Å². The van der Waals surface area contributed by atoms with Crippen molar-refractivity contribution in [1.82, 2.24) is 0 Å². The molecule has 0 amide bonds. The van der Waals surface area contributed by atoms with Crippen molar-refractivity contribution in [2.24, 2.45) is 0 Å². The highest BCUT2D eigenvalue weighted by Crippen LogP contribution is 2.13. The van der Waals surface area contributed by atoms with Gasteiger partial charge in [0.25, 0.3) is 0 Å². The Kier molecular flexibility index (Phi) is 19.7. The van der Waals surface area contributed by atoms with E-state index in [1.165, 1.54) is 96.0 Å². The van der Waals surface area contributed by atoms with Crippen molar-refractivity contribution < 1.29 is 9.53 Å². The largest absolute Gasteiger partial charge is 0.463 e. The molecule has 0 heterocycles.